The highest BCUT2D eigenvalue weighted by molar-refractivity contribution is 6.13. The van der Waals surface area contributed by atoms with Gasteiger partial charge in [-0.05, 0) is 308 Å². The first-order valence-electron chi connectivity index (χ1n) is 56.9. The second kappa shape index (κ2) is 36.4. The normalized spacial score (nSPS) is 13.5. The molecule has 0 saturated carbocycles. The molecule has 0 N–H and O–H groups in total. The molecule has 28 aromatic rings. The van der Waals surface area contributed by atoms with E-state index in [1.54, 1.807) is 54.6 Å². The molecule has 9 heteroatoms. The fourth-order valence-corrected chi connectivity index (χ4v) is 19.7. The lowest BCUT2D eigenvalue weighted by molar-refractivity contribution is 1.14. The van der Waals surface area contributed by atoms with Crippen LogP contribution in [0.4, 0.5) is 0 Å². The molecule has 668 valence electrons. The van der Waals surface area contributed by atoms with Crippen LogP contribution in [-0.2, 0) is 0 Å². The lowest BCUT2D eigenvalue weighted by Gasteiger charge is -2.13. The standard InChI is InChI=1S/2C48H31N3.C38H25N3/c2*1-4-13-32(14-5-1)37-27-38(33-15-6-2-7-16-33)29-39(28-37)35-23-25-43-46(31-35)51(48-47(43)49-44-21-10-11-22-45(44)50-48)40-24-26-42-36(30-40)19-12-20-41(42)34-17-8-3-9-18-34;1-4-12-26(13-5-1)29-22-30(27-14-6-2-7-15-27)24-31(23-29)28-20-21-33-36(25-28)41(32-16-8-3-9-17-32)38-37(33)39-34-18-10-11-19-35(34)40-38/h2*1-31H;1-25H/i3D,8D,9D,17D,18D;;1D,2D,3D,4D,5D,6D,7D,8D,9D,12D,13D,14D,15D,16D,17D. The summed E-state index contributed by atoms with van der Waals surface area (Å²) in [5, 5.41) is 6.59. The van der Waals surface area contributed by atoms with E-state index in [1.807, 2.05) is 91.0 Å². The molecule has 22 aromatic carbocycles. The smallest absolute Gasteiger partial charge is 0.165 e. The summed E-state index contributed by atoms with van der Waals surface area (Å²) < 4.78 is 175. The largest absolute Gasteiger partial charge is 0.293 e. The third kappa shape index (κ3) is 16.0. The Morgan fingerprint density at radius 3 is 0.727 bits per heavy atom. The highest BCUT2D eigenvalue weighted by Crippen LogP contribution is 2.45. The van der Waals surface area contributed by atoms with Gasteiger partial charge in [-0.2, -0.15) is 0 Å². The Morgan fingerprint density at radius 1 is 0.154 bits per heavy atom. The Bertz CT molecular complexity index is 10800. The number of benzene rings is 22. The zero-order valence-corrected chi connectivity index (χ0v) is 76.2. The third-order valence-corrected chi connectivity index (χ3v) is 26.4. The van der Waals surface area contributed by atoms with Crippen LogP contribution in [0, 0.1) is 0 Å². The average Bonchev–Trinajstić information content (AvgIpc) is 1.58. The molecule has 9 nitrogen and oxygen atoms in total. The Labute approximate surface area is 854 Å². The molecular weight excluding hydrogens is 1740 g/mol. The average molecular weight is 1840 g/mol. The summed E-state index contributed by atoms with van der Waals surface area (Å²) in [6.45, 7) is 0. The minimum Gasteiger partial charge on any atom is -0.293 e. The summed E-state index contributed by atoms with van der Waals surface area (Å²) in [6.07, 6.45) is 0. The maximum atomic E-state index is 8.87. The van der Waals surface area contributed by atoms with Gasteiger partial charge in [-0.25, -0.2) is 29.9 Å². The van der Waals surface area contributed by atoms with Crippen LogP contribution in [0.3, 0.4) is 0 Å². The van der Waals surface area contributed by atoms with E-state index in [1.165, 1.54) is 54.8 Å². The van der Waals surface area contributed by atoms with E-state index < -0.39 is 96.7 Å². The zero-order valence-electron chi connectivity index (χ0n) is 96.2. The van der Waals surface area contributed by atoms with Gasteiger partial charge in [-0.3, -0.25) is 13.7 Å². The van der Waals surface area contributed by atoms with E-state index >= 15 is 0 Å². The molecule has 0 atom stereocenters. The second-order valence-corrected chi connectivity index (χ2v) is 35.0. The Hall–Kier alpha value is -19.2. The number of nitrogens with zero attached hydrogens (tertiary/aromatic N) is 9. The van der Waals surface area contributed by atoms with Gasteiger partial charge in [0.15, 0.2) is 16.9 Å². The zero-order chi connectivity index (χ0) is 112. The van der Waals surface area contributed by atoms with Gasteiger partial charge >= 0.3 is 0 Å². The van der Waals surface area contributed by atoms with Crippen LogP contribution >= 0.6 is 0 Å². The van der Waals surface area contributed by atoms with E-state index in [2.05, 4.69) is 264 Å². The Balaban J connectivity index is 0.000000121. The first kappa shape index (κ1) is 65.5. The third-order valence-electron chi connectivity index (χ3n) is 26.4. The summed E-state index contributed by atoms with van der Waals surface area (Å²) in [7, 11) is 0. The van der Waals surface area contributed by atoms with Gasteiger partial charge in [0.05, 0.1) is 77.1 Å². The van der Waals surface area contributed by atoms with E-state index in [4.69, 9.17) is 57.3 Å². The number of para-hydroxylation sites is 7. The lowest BCUT2D eigenvalue weighted by Crippen LogP contribution is -1.97. The van der Waals surface area contributed by atoms with Crippen LogP contribution in [0.5, 0.6) is 0 Å². The fourth-order valence-electron chi connectivity index (χ4n) is 19.7. The summed E-state index contributed by atoms with van der Waals surface area (Å²) in [5.41, 5.74) is 29.9. The molecule has 0 aliphatic carbocycles. The monoisotopic (exact) mass is 1840 g/mol. The molecule has 6 aromatic heterocycles. The van der Waals surface area contributed by atoms with Crippen molar-refractivity contribution in [2.24, 2.45) is 0 Å². The molecule has 0 radical (unpaired) electrons. The molecule has 0 amide bonds. The number of hydrogen-bond acceptors (Lipinski definition) is 6. The molecule has 28 rings (SSSR count). The van der Waals surface area contributed by atoms with Gasteiger partial charge in [-0.1, -0.05) is 364 Å². The molecule has 6 heterocycles. The molecule has 143 heavy (non-hydrogen) atoms. The maximum absolute atomic E-state index is 8.87. The van der Waals surface area contributed by atoms with Crippen LogP contribution < -0.4 is 0 Å². The quantitative estimate of drug-likeness (QED) is 0.108. The summed E-state index contributed by atoms with van der Waals surface area (Å²) in [6, 6.07) is 128. The Kier molecular flexibility index (Phi) is 16.7. The molecule has 0 spiro atoms. The van der Waals surface area contributed by atoms with E-state index in [9.17, 15) is 0 Å². The molecule has 0 fully saturated rings. The Morgan fingerprint density at radius 2 is 0.406 bits per heavy atom. The van der Waals surface area contributed by atoms with Crippen molar-refractivity contribution < 1.29 is 27.4 Å². The molecular formula is C134H87N9. The van der Waals surface area contributed by atoms with E-state index in [0.29, 0.717) is 44.1 Å². The van der Waals surface area contributed by atoms with Crippen LogP contribution in [0.1, 0.15) is 27.4 Å². The molecule has 0 unspecified atom stereocenters. The minimum atomic E-state index is -0.605. The number of rotatable bonds is 14. The number of fused-ring (bicyclic) bond motifs is 14. The fraction of sp³-hybridized carbons (Fsp3) is 0. The summed E-state index contributed by atoms with van der Waals surface area (Å²) in [4.78, 5) is 30.5. The van der Waals surface area contributed by atoms with Crippen molar-refractivity contribution in [1.82, 2.24) is 43.6 Å². The maximum Gasteiger partial charge on any atom is 0.165 e. The SMILES string of the molecule is [2H]c1c([2H])c([2H])c(-c2cc(-c3ccc4c5nc6ccccc6nc5n(-c5c([2H])c([2H])c([2H])c([2H])c5[2H])c4c3)cc(-c3c([2H])c([2H])c([2H])c([2H])c3[2H])c2)c([2H])c1[2H].[2H]c1c([2H])c([2H])c(-c2cccc3cc(-n4c5cc(-c6cc(-c7ccccc7)cc(-c7ccccc7)c6)ccc5c5nc6ccccc6nc54)ccc23)c([2H])c1[2H].c1ccc(-c2cc(-c3ccccc3)cc(-c3ccc4c5nc6ccccc6nc5n(-c5ccc6c(-c7ccccc7)cccc6c5)c4c3)c2)cc1. The molecule has 0 aliphatic rings. The van der Waals surface area contributed by atoms with Gasteiger partial charge in [-0.15, -0.1) is 0 Å². The second-order valence-electron chi connectivity index (χ2n) is 35.0. The van der Waals surface area contributed by atoms with Crippen molar-refractivity contribution in [2.75, 3.05) is 0 Å². The summed E-state index contributed by atoms with van der Waals surface area (Å²) in [5.74, 6) is 0. The molecule has 0 aliphatic heterocycles. The highest BCUT2D eigenvalue weighted by Gasteiger charge is 2.25. The van der Waals surface area contributed by atoms with Gasteiger partial charge in [0.1, 0.15) is 16.6 Å². The van der Waals surface area contributed by atoms with Crippen molar-refractivity contribution >= 4 is 121 Å². The summed E-state index contributed by atoms with van der Waals surface area (Å²) >= 11 is 0. The van der Waals surface area contributed by atoms with Gasteiger partial charge in [0, 0.05) is 33.2 Å². The lowest BCUT2D eigenvalue weighted by atomic mass is 9.93. The van der Waals surface area contributed by atoms with E-state index in [0.717, 1.165) is 133 Å². The number of hydrogen-bond donors (Lipinski definition) is 0. The van der Waals surface area contributed by atoms with Gasteiger partial charge < -0.3 is 0 Å². The molecule has 0 saturated heterocycles. The highest BCUT2D eigenvalue weighted by atomic mass is 15.1. The topological polar surface area (TPSA) is 92.1 Å². The van der Waals surface area contributed by atoms with Crippen molar-refractivity contribution in [2.45, 2.75) is 0 Å². The van der Waals surface area contributed by atoms with Crippen LogP contribution in [0.25, 0.3) is 260 Å². The van der Waals surface area contributed by atoms with Crippen LogP contribution in [0.15, 0.2) is 527 Å². The van der Waals surface area contributed by atoms with Crippen LogP contribution in [0.2, 0.25) is 0 Å². The molecule has 0 bridgehead atoms. The first-order chi connectivity index (χ1) is 79.1. The van der Waals surface area contributed by atoms with Crippen molar-refractivity contribution in [3.63, 3.8) is 0 Å². The predicted octanol–water partition coefficient (Wildman–Crippen LogP) is 34.8. The van der Waals surface area contributed by atoms with Crippen molar-refractivity contribution in [3.8, 4) is 139 Å². The van der Waals surface area contributed by atoms with Crippen molar-refractivity contribution in [1.29, 1.82) is 0 Å². The van der Waals surface area contributed by atoms with Gasteiger partial charge in [0.2, 0.25) is 0 Å². The first-order valence-corrected chi connectivity index (χ1v) is 46.9. The van der Waals surface area contributed by atoms with Gasteiger partial charge in [0.25, 0.3) is 0 Å². The van der Waals surface area contributed by atoms with Crippen LogP contribution in [-0.4, -0.2) is 43.6 Å². The predicted molar refractivity (Wildman–Crippen MR) is 596 cm³/mol. The van der Waals surface area contributed by atoms with E-state index in [-0.39, 0.29) is 63.3 Å². The number of aromatic nitrogens is 9. The minimum absolute atomic E-state index is 0.0992. The van der Waals surface area contributed by atoms with Crippen molar-refractivity contribution in [3.05, 3.63) is 527 Å².